The number of fused-ring (bicyclic) bond motifs is 6. The third-order valence-electron chi connectivity index (χ3n) is 23.5. The molecule has 8 aromatic rings. The molecule has 2 bridgehead atoms. The maximum Gasteiger partial charge on any atom is 0.410 e. The number of rotatable bonds is 25. The number of amides is 2. The average molecular weight is 1610 g/mol. The molecule has 0 spiro atoms. The number of anilines is 1. The molecule has 0 N–H and O–H groups in total. The summed E-state index contributed by atoms with van der Waals surface area (Å²) in [7, 11) is 0.203. The first kappa shape index (κ1) is 82.7. The summed E-state index contributed by atoms with van der Waals surface area (Å²) < 4.78 is 122. The molecule has 4 fully saturated rings. The molecule has 5 aromatic carbocycles. The number of aromatic nitrogens is 6. The van der Waals surface area contributed by atoms with Gasteiger partial charge in [0.2, 0.25) is 15.9 Å². The van der Waals surface area contributed by atoms with Crippen LogP contribution in [0.5, 0.6) is 29.0 Å². The summed E-state index contributed by atoms with van der Waals surface area (Å²) in [5.41, 5.74) is 7.13. The number of sulfonamides is 1. The topological polar surface area (TPSA) is 254 Å². The quantitative estimate of drug-likeness (QED) is 0.0169. The SMILES string of the molecule is CCOC(=O)CC(c1ccc(C)c(CN2C[C@@H](C)Oc3cc(OCCOC4CCN(C(=O)[C@]5(COc6nc(N7C[C@H]8CC[C@@H](C7)N8C(=O)OC(C)(C)C)c7cnc(-c8cc(OCOC)cc9ccc(F)c(C#C[Si](C(C)C)(C(C)C)C(C)C)c89)c(F)c7n6)CCCN5C)CC4)ccc3S2(=O)=O)c1)c1cc(OC)c2c(c1)nnn2C. The van der Waals surface area contributed by atoms with Gasteiger partial charge in [0.25, 0.3) is 0 Å². The molecular formula is C85H107F2N11O14SSi. The van der Waals surface area contributed by atoms with E-state index < -0.39 is 59.0 Å². The second-order valence-corrected chi connectivity index (χ2v) is 40.3. The largest absolute Gasteiger partial charge is 0.494 e. The lowest BCUT2D eigenvalue weighted by Crippen LogP contribution is -2.60. The van der Waals surface area contributed by atoms with Crippen molar-refractivity contribution in [2.24, 2.45) is 7.05 Å². The average Bonchev–Trinajstić information content (AvgIpc) is 1.69. The van der Waals surface area contributed by atoms with Crippen molar-refractivity contribution in [1.82, 2.24) is 49.0 Å². The lowest BCUT2D eigenvalue weighted by Gasteiger charge is -2.42. The number of esters is 1. The summed E-state index contributed by atoms with van der Waals surface area (Å²) in [6, 6.07) is 20.0. The molecule has 2 amide bonds. The molecule has 13 rings (SSSR count). The van der Waals surface area contributed by atoms with E-state index in [1.165, 1.54) is 29.7 Å². The van der Waals surface area contributed by atoms with Gasteiger partial charge in [0.05, 0.1) is 62.4 Å². The summed E-state index contributed by atoms with van der Waals surface area (Å²) in [5.74, 6) is 2.75. The highest BCUT2D eigenvalue weighted by molar-refractivity contribution is 7.89. The van der Waals surface area contributed by atoms with Crippen LogP contribution < -0.4 is 28.6 Å². The summed E-state index contributed by atoms with van der Waals surface area (Å²) in [5, 5.41) is 9.72. The van der Waals surface area contributed by atoms with Crippen molar-refractivity contribution in [3.05, 3.63) is 118 Å². The third-order valence-corrected chi connectivity index (χ3v) is 31.6. The highest BCUT2D eigenvalue weighted by Gasteiger charge is 2.51. The number of likely N-dealkylation sites (tertiary alicyclic amines) is 2. The first-order valence-corrected chi connectivity index (χ1v) is 43.4. The number of carbonyl (C=O) groups excluding carboxylic acids is 3. The fraction of sp³-hybridized carbons (Fsp3) is 0.529. The first-order valence-electron chi connectivity index (χ1n) is 39.7. The molecule has 5 atom stereocenters. The van der Waals surface area contributed by atoms with E-state index >= 15 is 13.6 Å². The van der Waals surface area contributed by atoms with Gasteiger partial charge >= 0.3 is 18.1 Å². The van der Waals surface area contributed by atoms with Crippen LogP contribution in [-0.4, -0.2) is 213 Å². The lowest BCUT2D eigenvalue weighted by molar-refractivity contribution is -0.147. The predicted octanol–water partition coefficient (Wildman–Crippen LogP) is 13.8. The van der Waals surface area contributed by atoms with Crippen molar-refractivity contribution in [1.29, 1.82) is 0 Å². The van der Waals surface area contributed by atoms with Crippen molar-refractivity contribution in [3.8, 4) is 51.7 Å². The zero-order valence-corrected chi connectivity index (χ0v) is 70.2. The third kappa shape index (κ3) is 16.6. The van der Waals surface area contributed by atoms with Crippen LogP contribution in [0.25, 0.3) is 44.0 Å². The number of ether oxygens (including phenoxy) is 9. The van der Waals surface area contributed by atoms with Gasteiger partial charge in [-0.25, -0.2) is 26.7 Å². The van der Waals surface area contributed by atoms with Gasteiger partial charge in [-0.05, 0) is 180 Å². The van der Waals surface area contributed by atoms with Crippen LogP contribution in [-0.2, 0) is 52.2 Å². The number of aryl methyl sites for hydroxylation is 2. The summed E-state index contributed by atoms with van der Waals surface area (Å²) in [6.45, 7) is 26.7. The van der Waals surface area contributed by atoms with Crippen molar-refractivity contribution in [2.75, 3.05) is 98.7 Å². The molecule has 3 aromatic heterocycles. The van der Waals surface area contributed by atoms with Crippen LogP contribution in [0.3, 0.4) is 0 Å². The zero-order chi connectivity index (χ0) is 81.5. The second kappa shape index (κ2) is 33.9. The Bertz CT molecular complexity index is 5090. The molecule has 0 radical (unpaired) electrons. The van der Waals surface area contributed by atoms with Crippen LogP contribution in [0.2, 0.25) is 16.6 Å². The van der Waals surface area contributed by atoms with Gasteiger partial charge in [0.15, 0.2) is 12.6 Å². The maximum atomic E-state index is 18.6. The summed E-state index contributed by atoms with van der Waals surface area (Å²) >= 11 is 0. The fourth-order valence-electron chi connectivity index (χ4n) is 17.8. The van der Waals surface area contributed by atoms with E-state index in [1.54, 1.807) is 56.1 Å². The lowest BCUT2D eigenvalue weighted by atomic mass is 9.86. The number of benzene rings is 5. The van der Waals surface area contributed by atoms with Crippen LogP contribution in [0.4, 0.5) is 19.4 Å². The van der Waals surface area contributed by atoms with Crippen molar-refractivity contribution in [2.45, 2.75) is 197 Å². The highest BCUT2D eigenvalue weighted by atomic mass is 32.2. The van der Waals surface area contributed by atoms with Gasteiger partial charge in [-0.1, -0.05) is 76.9 Å². The van der Waals surface area contributed by atoms with Crippen molar-refractivity contribution in [3.63, 3.8) is 0 Å². The highest BCUT2D eigenvalue weighted by Crippen LogP contribution is 2.46. The van der Waals surface area contributed by atoms with Gasteiger partial charge < -0.3 is 52.4 Å². The van der Waals surface area contributed by atoms with E-state index in [0.717, 1.165) is 22.3 Å². The fourth-order valence-corrected chi connectivity index (χ4v) is 24.6. The van der Waals surface area contributed by atoms with Crippen molar-refractivity contribution < 1.29 is 74.2 Å². The second-order valence-electron chi connectivity index (χ2n) is 32.8. The van der Waals surface area contributed by atoms with Crippen LogP contribution >= 0.6 is 0 Å². The molecule has 8 heterocycles. The minimum atomic E-state index is -4.13. The van der Waals surface area contributed by atoms with Crippen LogP contribution in [0.1, 0.15) is 155 Å². The number of hydrogen-bond donors (Lipinski definition) is 0. The maximum absolute atomic E-state index is 18.6. The number of piperidine rings is 1. The van der Waals surface area contributed by atoms with E-state index in [-0.39, 0.29) is 144 Å². The molecule has 5 aliphatic rings. The molecule has 610 valence electrons. The van der Waals surface area contributed by atoms with Gasteiger partial charge in [0.1, 0.15) is 100 Å². The summed E-state index contributed by atoms with van der Waals surface area (Å²) in [6.07, 6.45) is 4.09. The molecule has 114 heavy (non-hydrogen) atoms. The zero-order valence-electron chi connectivity index (χ0n) is 68.4. The van der Waals surface area contributed by atoms with Crippen LogP contribution in [0, 0.1) is 30.0 Å². The standard InChI is InChI=1S/C85H107F2N11O14SSi/c1-17-106-74(99)43-66(58-39-70-79(72(40-58)105-16)94(14)92-91-70)56-20-19-54(8)59(37-56)46-97-45-55(9)111-71-42-63(24-26-73(71)113(97,102)103)108-35-34-107-62-27-32-95(33-28-62)81(100)85(30-18-31-93(85)13)49-109-82-89-78-68(80(90-82)96-47-60-22-23-61(48-96)98(60)83(101)112-84(10,11)12)44-88-77(76(78)87)67-41-64(110-50-104-15)38-57-21-25-69(86)65(75(57)67)29-36-114(51(2)3,52(4)5)53(6)7/h19-21,24-26,37-42,44,51-53,55,60-62,66H,17-18,22-23,27-28,30-35,43,45-50H2,1-16H3/t55-,60-,61+,66?,85-/m1/s1. The van der Waals surface area contributed by atoms with E-state index in [4.69, 9.17) is 57.6 Å². The van der Waals surface area contributed by atoms with Crippen molar-refractivity contribution >= 4 is 74.6 Å². The van der Waals surface area contributed by atoms with E-state index in [0.29, 0.717) is 116 Å². The minimum Gasteiger partial charge on any atom is -0.494 e. The molecular weight excluding hydrogens is 1500 g/mol. The Morgan fingerprint density at radius 3 is 2.24 bits per heavy atom. The number of carbonyl (C=O) groups is 3. The Morgan fingerprint density at radius 1 is 0.825 bits per heavy atom. The molecule has 5 aliphatic heterocycles. The monoisotopic (exact) mass is 1600 g/mol. The van der Waals surface area contributed by atoms with Crippen LogP contribution in [0.15, 0.2) is 83.9 Å². The Labute approximate surface area is 667 Å². The number of likely N-dealkylation sites (N-methyl/N-ethyl adjacent to an activating group) is 1. The van der Waals surface area contributed by atoms with Gasteiger partial charge in [-0.2, -0.15) is 14.3 Å². The van der Waals surface area contributed by atoms with E-state index in [9.17, 15) is 18.0 Å². The van der Waals surface area contributed by atoms with Gasteiger partial charge in [-0.15, -0.1) is 10.6 Å². The summed E-state index contributed by atoms with van der Waals surface area (Å²) in [4.78, 5) is 64.9. The normalized spacial score (nSPS) is 19.8. The number of methoxy groups -OCH3 is 2. The van der Waals surface area contributed by atoms with Gasteiger partial charge in [0, 0.05) is 76.0 Å². The van der Waals surface area contributed by atoms with Gasteiger partial charge in [-0.3, -0.25) is 24.4 Å². The molecule has 29 heteroatoms. The number of hydrogen-bond acceptors (Lipinski definition) is 21. The molecule has 25 nitrogen and oxygen atoms in total. The first-order chi connectivity index (χ1) is 54.4. The Balaban J connectivity index is 0.708. The Morgan fingerprint density at radius 2 is 1.56 bits per heavy atom. The number of nitrogens with zero attached hydrogens (tertiary/aromatic N) is 11. The number of piperazine rings is 1. The Hall–Kier alpha value is -9.31. The smallest absolute Gasteiger partial charge is 0.410 e. The van der Waals surface area contributed by atoms with E-state index in [2.05, 4.69) is 63.3 Å². The molecule has 4 saturated heterocycles. The molecule has 0 saturated carbocycles. The molecule has 1 unspecified atom stereocenters. The predicted molar refractivity (Wildman–Crippen MR) is 432 cm³/mol. The molecule has 0 aliphatic carbocycles. The van der Waals surface area contributed by atoms with E-state index in [1.807, 2.05) is 91.6 Å². The minimum absolute atomic E-state index is 0.00127. The number of pyridine rings is 1. The number of halogens is 2. The Kier molecular flexibility index (Phi) is 24.6.